The highest BCUT2D eigenvalue weighted by Gasteiger charge is 2.12. The molecule has 1 unspecified atom stereocenters. The molecule has 106 valence electrons. The Bertz CT molecular complexity index is 776. The molecule has 1 aromatic heterocycles. The number of hydrogen-bond acceptors (Lipinski definition) is 2. The molecule has 3 heteroatoms. The number of hydrogen-bond donors (Lipinski definition) is 1. The maximum atomic E-state index is 6.23. The Morgan fingerprint density at radius 3 is 2.67 bits per heavy atom. The normalized spacial score (nSPS) is 12.5. The van der Waals surface area contributed by atoms with Gasteiger partial charge in [-0.3, -0.25) is 0 Å². The van der Waals surface area contributed by atoms with Gasteiger partial charge < -0.3 is 10.2 Å². The molecule has 1 atom stereocenters. The molecule has 1 heterocycles. The van der Waals surface area contributed by atoms with E-state index in [1.54, 1.807) is 0 Å². The second-order valence-electron chi connectivity index (χ2n) is 5.12. The molecule has 2 N–H and O–H groups in total. The highest BCUT2D eigenvalue weighted by Crippen LogP contribution is 2.30. The Kier molecular flexibility index (Phi) is 3.82. The fraction of sp³-hybridized carbons (Fsp3) is 0.111. The lowest BCUT2D eigenvalue weighted by Gasteiger charge is -2.12. The number of benzene rings is 2. The van der Waals surface area contributed by atoms with Crippen molar-refractivity contribution in [2.24, 2.45) is 5.73 Å². The summed E-state index contributed by atoms with van der Waals surface area (Å²) in [6.45, 7) is 4.10. The minimum atomic E-state index is -0.0875. The van der Waals surface area contributed by atoms with Gasteiger partial charge in [-0.15, -0.1) is 0 Å². The summed E-state index contributed by atoms with van der Waals surface area (Å²) in [4.78, 5) is 0. The summed E-state index contributed by atoms with van der Waals surface area (Å²) in [7, 11) is 0. The first kappa shape index (κ1) is 13.9. The van der Waals surface area contributed by atoms with Gasteiger partial charge >= 0.3 is 0 Å². The highest BCUT2D eigenvalue weighted by atomic mass is 35.5. The highest BCUT2D eigenvalue weighted by molar-refractivity contribution is 6.31. The quantitative estimate of drug-likeness (QED) is 0.720. The molecule has 21 heavy (non-hydrogen) atoms. The SMILES string of the molecule is C=C(CC(N)c1ccccc1)c1cc2cc(Cl)ccc2o1. The maximum Gasteiger partial charge on any atom is 0.134 e. The van der Waals surface area contributed by atoms with Gasteiger partial charge in [0, 0.05) is 16.5 Å². The van der Waals surface area contributed by atoms with Gasteiger partial charge in [0.25, 0.3) is 0 Å². The van der Waals surface area contributed by atoms with Crippen LogP contribution < -0.4 is 5.73 Å². The van der Waals surface area contributed by atoms with Gasteiger partial charge in [0.1, 0.15) is 11.3 Å². The first-order chi connectivity index (χ1) is 10.1. The minimum absolute atomic E-state index is 0.0875. The van der Waals surface area contributed by atoms with Crippen molar-refractivity contribution in [1.82, 2.24) is 0 Å². The Labute approximate surface area is 128 Å². The first-order valence-corrected chi connectivity index (χ1v) is 7.19. The van der Waals surface area contributed by atoms with E-state index >= 15 is 0 Å². The topological polar surface area (TPSA) is 39.2 Å². The molecule has 0 aliphatic carbocycles. The lowest BCUT2D eigenvalue weighted by molar-refractivity contribution is 0.591. The third-order valence-corrected chi connectivity index (χ3v) is 3.76. The van der Waals surface area contributed by atoms with Gasteiger partial charge in [-0.1, -0.05) is 48.5 Å². The van der Waals surface area contributed by atoms with Gasteiger partial charge in [-0.25, -0.2) is 0 Å². The number of nitrogens with two attached hydrogens (primary N) is 1. The van der Waals surface area contributed by atoms with Crippen LogP contribution in [0.5, 0.6) is 0 Å². The van der Waals surface area contributed by atoms with Crippen LogP contribution in [0.15, 0.2) is 65.6 Å². The molecular formula is C18H16ClNO. The van der Waals surface area contributed by atoms with Crippen molar-refractivity contribution < 1.29 is 4.42 Å². The standard InChI is InChI=1S/C18H16ClNO/c1-12(9-16(20)13-5-3-2-4-6-13)18-11-14-10-15(19)7-8-17(14)21-18/h2-8,10-11,16H,1,9,20H2. The fourth-order valence-electron chi connectivity index (χ4n) is 2.37. The largest absolute Gasteiger partial charge is 0.456 e. The molecule has 2 nitrogen and oxygen atoms in total. The van der Waals surface area contributed by atoms with Crippen LogP contribution >= 0.6 is 11.6 Å². The van der Waals surface area contributed by atoms with E-state index < -0.39 is 0 Å². The van der Waals surface area contributed by atoms with Gasteiger partial charge in [-0.2, -0.15) is 0 Å². The molecule has 0 fully saturated rings. The smallest absolute Gasteiger partial charge is 0.134 e. The van der Waals surface area contributed by atoms with Crippen molar-refractivity contribution >= 4 is 28.1 Å². The van der Waals surface area contributed by atoms with Crippen LogP contribution in [-0.4, -0.2) is 0 Å². The van der Waals surface area contributed by atoms with Crippen molar-refractivity contribution in [1.29, 1.82) is 0 Å². The molecule has 0 radical (unpaired) electrons. The molecule has 2 aromatic carbocycles. The van der Waals surface area contributed by atoms with E-state index in [1.165, 1.54) is 0 Å². The summed E-state index contributed by atoms with van der Waals surface area (Å²) >= 11 is 5.99. The van der Waals surface area contributed by atoms with Crippen molar-refractivity contribution in [3.05, 3.63) is 77.5 Å². The summed E-state index contributed by atoms with van der Waals surface area (Å²) in [5, 5.41) is 1.67. The van der Waals surface area contributed by atoms with Crippen LogP contribution in [0.2, 0.25) is 5.02 Å². The molecule has 3 aromatic rings. The predicted octanol–water partition coefficient (Wildman–Crippen LogP) is 5.19. The summed E-state index contributed by atoms with van der Waals surface area (Å²) in [6, 6.07) is 17.4. The second-order valence-corrected chi connectivity index (χ2v) is 5.55. The van der Waals surface area contributed by atoms with Crippen molar-refractivity contribution in [2.75, 3.05) is 0 Å². The summed E-state index contributed by atoms with van der Waals surface area (Å²) < 4.78 is 5.81. The fourth-order valence-corrected chi connectivity index (χ4v) is 2.55. The van der Waals surface area contributed by atoms with Crippen LogP contribution in [0, 0.1) is 0 Å². The lowest BCUT2D eigenvalue weighted by atomic mass is 9.99. The lowest BCUT2D eigenvalue weighted by Crippen LogP contribution is -2.10. The van der Waals surface area contributed by atoms with E-state index in [4.69, 9.17) is 21.8 Å². The average molecular weight is 298 g/mol. The number of furan rings is 1. The Hall–Kier alpha value is -2.03. The average Bonchev–Trinajstić information content (AvgIpc) is 2.91. The molecule has 0 spiro atoms. The van der Waals surface area contributed by atoms with E-state index in [2.05, 4.69) is 6.58 Å². The molecule has 0 aliphatic rings. The van der Waals surface area contributed by atoms with E-state index in [-0.39, 0.29) is 6.04 Å². The molecule has 3 rings (SSSR count). The molecule has 0 amide bonds. The second kappa shape index (κ2) is 5.76. The Balaban J connectivity index is 1.80. The van der Waals surface area contributed by atoms with Gasteiger partial charge in [0.2, 0.25) is 0 Å². The molecule has 0 saturated carbocycles. The van der Waals surface area contributed by atoms with Crippen LogP contribution in [-0.2, 0) is 0 Å². The van der Waals surface area contributed by atoms with Crippen molar-refractivity contribution in [2.45, 2.75) is 12.5 Å². The Morgan fingerprint density at radius 1 is 1.14 bits per heavy atom. The third-order valence-electron chi connectivity index (χ3n) is 3.52. The number of rotatable bonds is 4. The summed E-state index contributed by atoms with van der Waals surface area (Å²) in [6.07, 6.45) is 0.650. The van der Waals surface area contributed by atoms with Crippen LogP contribution in [0.4, 0.5) is 0 Å². The minimum Gasteiger partial charge on any atom is -0.456 e. The van der Waals surface area contributed by atoms with Crippen LogP contribution in [0.3, 0.4) is 0 Å². The van der Waals surface area contributed by atoms with Crippen molar-refractivity contribution in [3.63, 3.8) is 0 Å². The number of halogens is 1. The zero-order chi connectivity index (χ0) is 14.8. The number of fused-ring (bicyclic) bond motifs is 1. The molecular weight excluding hydrogens is 282 g/mol. The van der Waals surface area contributed by atoms with Crippen LogP contribution in [0.25, 0.3) is 16.5 Å². The third kappa shape index (κ3) is 3.02. The Morgan fingerprint density at radius 2 is 1.90 bits per heavy atom. The van der Waals surface area contributed by atoms with E-state index in [1.807, 2.05) is 54.6 Å². The summed E-state index contributed by atoms with van der Waals surface area (Å²) in [5.41, 5.74) is 9.02. The van der Waals surface area contributed by atoms with Gasteiger partial charge in [0.15, 0.2) is 0 Å². The molecule has 0 bridgehead atoms. The maximum absolute atomic E-state index is 6.23. The monoisotopic (exact) mass is 297 g/mol. The van der Waals surface area contributed by atoms with Gasteiger partial charge in [0.05, 0.1) is 0 Å². The van der Waals surface area contributed by atoms with Crippen LogP contribution in [0.1, 0.15) is 23.8 Å². The molecule has 0 aliphatic heterocycles. The van der Waals surface area contributed by atoms with Crippen molar-refractivity contribution in [3.8, 4) is 0 Å². The van der Waals surface area contributed by atoms with E-state index in [9.17, 15) is 0 Å². The summed E-state index contributed by atoms with van der Waals surface area (Å²) in [5.74, 6) is 0.763. The predicted molar refractivity (Wildman–Crippen MR) is 88.2 cm³/mol. The van der Waals surface area contributed by atoms with E-state index in [0.717, 1.165) is 27.9 Å². The van der Waals surface area contributed by atoms with Gasteiger partial charge in [-0.05, 0) is 41.8 Å². The first-order valence-electron chi connectivity index (χ1n) is 6.81. The zero-order valence-corrected chi connectivity index (χ0v) is 12.3. The molecule has 0 saturated heterocycles. The zero-order valence-electron chi connectivity index (χ0n) is 11.6. The van der Waals surface area contributed by atoms with E-state index in [0.29, 0.717) is 11.4 Å².